The highest BCUT2D eigenvalue weighted by molar-refractivity contribution is 5.49. The van der Waals surface area contributed by atoms with E-state index in [2.05, 4.69) is 43.1 Å². The molecule has 16 heavy (non-hydrogen) atoms. The number of aromatic nitrogens is 2. The van der Waals surface area contributed by atoms with Crippen LogP contribution in [0, 0.1) is 12.8 Å². The summed E-state index contributed by atoms with van der Waals surface area (Å²) < 4.78 is 1.98. The lowest BCUT2D eigenvalue weighted by atomic mass is 10.2. The van der Waals surface area contributed by atoms with Crippen molar-refractivity contribution in [1.29, 1.82) is 0 Å². The van der Waals surface area contributed by atoms with Crippen molar-refractivity contribution in [2.75, 3.05) is 25.5 Å². The van der Waals surface area contributed by atoms with Gasteiger partial charge in [-0.1, -0.05) is 13.8 Å². The second-order valence-corrected chi connectivity index (χ2v) is 4.82. The molecule has 0 aromatic carbocycles. The maximum absolute atomic E-state index is 4.49. The van der Waals surface area contributed by atoms with Gasteiger partial charge in [-0.05, 0) is 19.9 Å². The standard InChI is InChI=1S/C12H24N4/c1-9(2)8-15(5)12-11(7-13-4)10(3)14-16(12)6/h9,13H,7-8H2,1-6H3. The zero-order valence-electron chi connectivity index (χ0n) is 11.3. The van der Waals surface area contributed by atoms with E-state index in [4.69, 9.17) is 0 Å². The molecule has 0 aliphatic rings. The summed E-state index contributed by atoms with van der Waals surface area (Å²) in [5.74, 6) is 1.88. The molecule has 4 nitrogen and oxygen atoms in total. The van der Waals surface area contributed by atoms with Crippen LogP contribution >= 0.6 is 0 Å². The average Bonchev–Trinajstić information content (AvgIpc) is 2.41. The predicted octanol–water partition coefficient (Wildman–Crippen LogP) is 1.54. The molecule has 0 saturated heterocycles. The van der Waals surface area contributed by atoms with Crippen LogP contribution in [-0.4, -0.2) is 30.4 Å². The number of hydrogen-bond acceptors (Lipinski definition) is 3. The minimum Gasteiger partial charge on any atom is -0.359 e. The maximum Gasteiger partial charge on any atom is 0.131 e. The first-order valence-electron chi connectivity index (χ1n) is 5.85. The fourth-order valence-electron chi connectivity index (χ4n) is 2.19. The Balaban J connectivity index is 3.00. The minimum atomic E-state index is 0.655. The lowest BCUT2D eigenvalue weighted by Gasteiger charge is -2.23. The Kier molecular flexibility index (Phi) is 4.35. The van der Waals surface area contributed by atoms with Crippen LogP contribution in [0.5, 0.6) is 0 Å². The number of aryl methyl sites for hydroxylation is 2. The SMILES string of the molecule is CNCc1c(C)nn(C)c1N(C)CC(C)C. The molecular weight excluding hydrogens is 200 g/mol. The van der Waals surface area contributed by atoms with Crippen molar-refractivity contribution in [3.63, 3.8) is 0 Å². The largest absolute Gasteiger partial charge is 0.359 e. The highest BCUT2D eigenvalue weighted by atomic mass is 15.4. The Morgan fingerprint density at radius 3 is 2.56 bits per heavy atom. The lowest BCUT2D eigenvalue weighted by Crippen LogP contribution is -2.26. The van der Waals surface area contributed by atoms with Gasteiger partial charge in [0.2, 0.25) is 0 Å². The Hall–Kier alpha value is -1.03. The molecule has 1 N–H and O–H groups in total. The second kappa shape index (κ2) is 5.34. The second-order valence-electron chi connectivity index (χ2n) is 4.82. The number of rotatable bonds is 5. The van der Waals surface area contributed by atoms with Crippen LogP contribution in [0.3, 0.4) is 0 Å². The molecule has 4 heteroatoms. The zero-order valence-corrected chi connectivity index (χ0v) is 11.3. The summed E-state index contributed by atoms with van der Waals surface area (Å²) >= 11 is 0. The number of nitrogens with zero attached hydrogens (tertiary/aromatic N) is 3. The van der Waals surface area contributed by atoms with E-state index in [0.717, 1.165) is 18.8 Å². The molecule has 1 aromatic heterocycles. The van der Waals surface area contributed by atoms with Crippen molar-refractivity contribution in [2.24, 2.45) is 13.0 Å². The van der Waals surface area contributed by atoms with Crippen molar-refractivity contribution < 1.29 is 0 Å². The number of nitrogens with one attached hydrogen (secondary N) is 1. The Morgan fingerprint density at radius 2 is 2.06 bits per heavy atom. The van der Waals surface area contributed by atoms with E-state index in [9.17, 15) is 0 Å². The van der Waals surface area contributed by atoms with Crippen molar-refractivity contribution in [3.05, 3.63) is 11.3 Å². The summed E-state index contributed by atoms with van der Waals surface area (Å²) in [5, 5.41) is 7.70. The van der Waals surface area contributed by atoms with E-state index >= 15 is 0 Å². The van der Waals surface area contributed by atoms with E-state index < -0.39 is 0 Å². The average molecular weight is 224 g/mol. The first-order chi connectivity index (χ1) is 7.47. The molecule has 0 atom stereocenters. The third-order valence-electron chi connectivity index (χ3n) is 2.67. The minimum absolute atomic E-state index is 0.655. The third kappa shape index (κ3) is 2.76. The van der Waals surface area contributed by atoms with Crippen LogP contribution in [0.2, 0.25) is 0 Å². The van der Waals surface area contributed by atoms with E-state index in [0.29, 0.717) is 5.92 Å². The predicted molar refractivity (Wildman–Crippen MR) is 68.8 cm³/mol. The van der Waals surface area contributed by atoms with Gasteiger partial charge in [0, 0.05) is 32.7 Å². The molecule has 0 aliphatic heterocycles. The summed E-state index contributed by atoms with van der Waals surface area (Å²) in [7, 11) is 6.12. The van der Waals surface area contributed by atoms with Gasteiger partial charge in [0.1, 0.15) is 5.82 Å². The Labute approximate surface area is 98.6 Å². The quantitative estimate of drug-likeness (QED) is 0.823. The molecule has 0 unspecified atom stereocenters. The molecule has 0 bridgehead atoms. The van der Waals surface area contributed by atoms with Gasteiger partial charge in [-0.2, -0.15) is 5.10 Å². The molecule has 1 heterocycles. The van der Waals surface area contributed by atoms with Crippen LogP contribution in [0.15, 0.2) is 0 Å². The smallest absolute Gasteiger partial charge is 0.131 e. The fraction of sp³-hybridized carbons (Fsp3) is 0.750. The topological polar surface area (TPSA) is 33.1 Å². The van der Waals surface area contributed by atoms with E-state index in [1.807, 2.05) is 18.8 Å². The zero-order chi connectivity index (χ0) is 12.3. The summed E-state index contributed by atoms with van der Waals surface area (Å²) in [5.41, 5.74) is 2.41. The molecular formula is C12H24N4. The van der Waals surface area contributed by atoms with E-state index in [-0.39, 0.29) is 0 Å². The van der Waals surface area contributed by atoms with Crippen LogP contribution < -0.4 is 10.2 Å². The van der Waals surface area contributed by atoms with Crippen molar-refractivity contribution in [2.45, 2.75) is 27.3 Å². The Morgan fingerprint density at radius 1 is 1.44 bits per heavy atom. The molecule has 1 aromatic rings. The van der Waals surface area contributed by atoms with E-state index in [1.54, 1.807) is 0 Å². The summed E-state index contributed by atoms with van der Waals surface area (Å²) in [6.45, 7) is 8.46. The molecule has 0 spiro atoms. The van der Waals surface area contributed by atoms with Crippen molar-refractivity contribution >= 4 is 5.82 Å². The number of anilines is 1. The van der Waals surface area contributed by atoms with Gasteiger partial charge in [0.25, 0.3) is 0 Å². The monoisotopic (exact) mass is 224 g/mol. The molecule has 0 aliphatic carbocycles. The van der Waals surface area contributed by atoms with Crippen molar-refractivity contribution in [3.8, 4) is 0 Å². The summed E-state index contributed by atoms with van der Waals surface area (Å²) in [6, 6.07) is 0. The molecule has 0 radical (unpaired) electrons. The van der Waals surface area contributed by atoms with Gasteiger partial charge in [0.05, 0.1) is 5.69 Å². The van der Waals surface area contributed by atoms with Gasteiger partial charge in [-0.25, -0.2) is 0 Å². The van der Waals surface area contributed by atoms with Gasteiger partial charge >= 0.3 is 0 Å². The van der Waals surface area contributed by atoms with Gasteiger partial charge in [0.15, 0.2) is 0 Å². The molecule has 0 saturated carbocycles. The molecule has 0 amide bonds. The van der Waals surface area contributed by atoms with Crippen molar-refractivity contribution in [1.82, 2.24) is 15.1 Å². The van der Waals surface area contributed by atoms with Gasteiger partial charge in [-0.15, -0.1) is 0 Å². The van der Waals surface area contributed by atoms with Crippen LogP contribution in [-0.2, 0) is 13.6 Å². The molecule has 1 rings (SSSR count). The van der Waals surface area contributed by atoms with Crippen LogP contribution in [0.1, 0.15) is 25.1 Å². The molecule has 0 fully saturated rings. The third-order valence-corrected chi connectivity index (χ3v) is 2.67. The van der Waals surface area contributed by atoms with Gasteiger partial charge in [-0.3, -0.25) is 4.68 Å². The normalized spacial score (nSPS) is 11.2. The van der Waals surface area contributed by atoms with Crippen LogP contribution in [0.25, 0.3) is 0 Å². The summed E-state index contributed by atoms with van der Waals surface area (Å²) in [6.07, 6.45) is 0. The van der Waals surface area contributed by atoms with Gasteiger partial charge < -0.3 is 10.2 Å². The maximum atomic E-state index is 4.49. The fourth-order valence-corrected chi connectivity index (χ4v) is 2.19. The number of hydrogen-bond donors (Lipinski definition) is 1. The highest BCUT2D eigenvalue weighted by Crippen LogP contribution is 2.22. The first kappa shape index (κ1) is 13.0. The lowest BCUT2D eigenvalue weighted by molar-refractivity contribution is 0.617. The Bertz CT molecular complexity index is 341. The van der Waals surface area contributed by atoms with E-state index in [1.165, 1.54) is 11.4 Å². The van der Waals surface area contributed by atoms with Crippen LogP contribution in [0.4, 0.5) is 5.82 Å². The highest BCUT2D eigenvalue weighted by Gasteiger charge is 2.16. The molecule has 92 valence electrons. The summed E-state index contributed by atoms with van der Waals surface area (Å²) in [4.78, 5) is 2.29. The first-order valence-corrected chi connectivity index (χ1v) is 5.85.